The lowest BCUT2D eigenvalue weighted by Gasteiger charge is -2.25. The fourth-order valence-electron chi connectivity index (χ4n) is 5.05. The van der Waals surface area contributed by atoms with Crippen LogP contribution in [0.3, 0.4) is 0 Å². The van der Waals surface area contributed by atoms with Crippen LogP contribution in [0.25, 0.3) is 5.69 Å². The predicted octanol–water partition coefficient (Wildman–Crippen LogP) is 5.27. The van der Waals surface area contributed by atoms with Gasteiger partial charge in [-0.1, -0.05) is 26.8 Å². The van der Waals surface area contributed by atoms with Crippen molar-refractivity contribution in [3.63, 3.8) is 0 Å². The average Bonchev–Trinajstić information content (AvgIpc) is 3.65. The number of furan rings is 1. The van der Waals surface area contributed by atoms with E-state index in [1.165, 1.54) is 11.8 Å². The minimum absolute atomic E-state index is 0.158. The Hall–Kier alpha value is -4.38. The number of nitrogens with one attached hydrogen (secondary N) is 1. The van der Waals surface area contributed by atoms with Crippen LogP contribution in [-0.4, -0.2) is 55.2 Å². The average molecular weight is 605 g/mol. The summed E-state index contributed by atoms with van der Waals surface area (Å²) in [7, 11) is 4.81. The van der Waals surface area contributed by atoms with Gasteiger partial charge in [-0.25, -0.2) is 4.68 Å². The number of carbonyl (C=O) groups excluding carboxylic acids is 2. The van der Waals surface area contributed by atoms with E-state index in [0.717, 1.165) is 22.5 Å². The molecule has 0 saturated carbocycles. The number of fused-ring (bicyclic) bond motifs is 1. The number of carbonyl (C=O) groups is 2. The second kappa shape index (κ2) is 12.5. The van der Waals surface area contributed by atoms with Crippen LogP contribution in [0.4, 0.5) is 5.82 Å². The minimum atomic E-state index is -0.391. The summed E-state index contributed by atoms with van der Waals surface area (Å²) < 4.78 is 23.6. The van der Waals surface area contributed by atoms with Crippen LogP contribution in [0.1, 0.15) is 48.6 Å². The molecule has 226 valence electrons. The van der Waals surface area contributed by atoms with E-state index in [9.17, 15) is 9.59 Å². The van der Waals surface area contributed by atoms with Crippen molar-refractivity contribution < 1.29 is 28.2 Å². The molecule has 43 heavy (non-hydrogen) atoms. The van der Waals surface area contributed by atoms with E-state index in [0.29, 0.717) is 28.8 Å². The van der Waals surface area contributed by atoms with E-state index in [-0.39, 0.29) is 35.9 Å². The number of aromatic nitrogens is 2. The van der Waals surface area contributed by atoms with Crippen molar-refractivity contribution in [1.82, 2.24) is 15.1 Å². The van der Waals surface area contributed by atoms with Gasteiger partial charge >= 0.3 is 0 Å². The summed E-state index contributed by atoms with van der Waals surface area (Å²) in [6.07, 6.45) is 1.55. The maximum Gasteiger partial charge on any atom is 0.240 e. The maximum atomic E-state index is 13.9. The summed E-state index contributed by atoms with van der Waals surface area (Å²) in [4.78, 5) is 28.7. The molecule has 1 aliphatic rings. The van der Waals surface area contributed by atoms with Gasteiger partial charge in [0.15, 0.2) is 11.5 Å². The van der Waals surface area contributed by atoms with Crippen LogP contribution in [-0.2, 0) is 21.5 Å². The van der Waals surface area contributed by atoms with Crippen LogP contribution >= 0.6 is 11.8 Å². The van der Waals surface area contributed by atoms with E-state index in [1.807, 2.05) is 42.5 Å². The van der Waals surface area contributed by atoms with Gasteiger partial charge in [0.2, 0.25) is 11.8 Å². The zero-order valence-electron chi connectivity index (χ0n) is 25.2. The van der Waals surface area contributed by atoms with Crippen LogP contribution in [0.5, 0.6) is 17.2 Å². The molecule has 2 aromatic heterocycles. The molecule has 11 heteroatoms. The summed E-state index contributed by atoms with van der Waals surface area (Å²) in [6.45, 7) is 6.32. The van der Waals surface area contributed by atoms with Crippen molar-refractivity contribution in [1.29, 1.82) is 0 Å². The number of rotatable bonds is 9. The molecule has 2 amide bonds. The lowest BCUT2D eigenvalue weighted by Crippen LogP contribution is -2.42. The Morgan fingerprint density at radius 1 is 1.05 bits per heavy atom. The van der Waals surface area contributed by atoms with E-state index in [2.05, 4.69) is 26.1 Å². The zero-order chi connectivity index (χ0) is 30.7. The molecular formula is C32H36N4O6S. The Labute approximate surface area is 255 Å². The van der Waals surface area contributed by atoms with Gasteiger partial charge in [0.05, 0.1) is 56.5 Å². The third kappa shape index (κ3) is 6.22. The zero-order valence-corrected chi connectivity index (χ0v) is 26.0. The fraction of sp³-hybridized carbons (Fsp3) is 0.344. The number of anilines is 1. The van der Waals surface area contributed by atoms with Gasteiger partial charge < -0.3 is 23.9 Å². The van der Waals surface area contributed by atoms with Gasteiger partial charge in [-0.15, -0.1) is 11.8 Å². The number of hydrogen-bond acceptors (Lipinski definition) is 8. The standard InChI is InChI=1S/C32H36N4O6S/c1-32(2,3)30-28-29(20-9-14-24(40-5)25(16-20)41-6)43-19-27(38)35(18-26(37)33-17-23-8-7-15-42-23)31(28)36(34-30)21-10-12-22(39-4)13-11-21/h7-16,29H,17-19H2,1-6H3,(H,33,37)/t29-/m1/s1. The maximum absolute atomic E-state index is 13.9. The highest BCUT2D eigenvalue weighted by molar-refractivity contribution is 8.00. The molecule has 10 nitrogen and oxygen atoms in total. The Kier molecular flexibility index (Phi) is 8.72. The summed E-state index contributed by atoms with van der Waals surface area (Å²) in [5, 5.41) is 7.72. The van der Waals surface area contributed by atoms with E-state index in [4.69, 9.17) is 23.7 Å². The molecule has 1 N–H and O–H groups in total. The number of benzene rings is 2. The molecule has 1 aliphatic heterocycles. The number of methoxy groups -OCH3 is 3. The minimum Gasteiger partial charge on any atom is -0.497 e. The predicted molar refractivity (Wildman–Crippen MR) is 166 cm³/mol. The molecule has 2 aromatic carbocycles. The highest BCUT2D eigenvalue weighted by atomic mass is 32.2. The van der Waals surface area contributed by atoms with Crippen LogP contribution < -0.4 is 24.4 Å². The topological polar surface area (TPSA) is 108 Å². The first-order valence-corrected chi connectivity index (χ1v) is 14.9. The van der Waals surface area contributed by atoms with E-state index >= 15 is 0 Å². The van der Waals surface area contributed by atoms with Crippen molar-refractivity contribution in [3.05, 3.63) is 83.4 Å². The Morgan fingerprint density at radius 3 is 2.42 bits per heavy atom. The van der Waals surface area contributed by atoms with Gasteiger partial charge in [-0.2, -0.15) is 5.10 Å². The molecule has 3 heterocycles. The van der Waals surface area contributed by atoms with Crippen LogP contribution in [0, 0.1) is 0 Å². The summed E-state index contributed by atoms with van der Waals surface area (Å²) in [5.41, 5.74) is 2.96. The van der Waals surface area contributed by atoms with Gasteiger partial charge in [0, 0.05) is 11.0 Å². The summed E-state index contributed by atoms with van der Waals surface area (Å²) in [6, 6.07) is 16.8. The molecule has 0 fully saturated rings. The first-order valence-electron chi connectivity index (χ1n) is 13.9. The fourth-order valence-corrected chi connectivity index (χ4v) is 6.24. The van der Waals surface area contributed by atoms with Crippen molar-refractivity contribution >= 4 is 29.4 Å². The molecule has 1 atom stereocenters. The number of amides is 2. The largest absolute Gasteiger partial charge is 0.497 e. The molecular weight excluding hydrogens is 568 g/mol. The van der Waals surface area contributed by atoms with Crippen molar-refractivity contribution in [3.8, 4) is 22.9 Å². The van der Waals surface area contributed by atoms with Crippen LogP contribution in [0.15, 0.2) is 65.3 Å². The van der Waals surface area contributed by atoms with Gasteiger partial charge in [0.1, 0.15) is 23.9 Å². The highest BCUT2D eigenvalue weighted by Gasteiger charge is 2.40. The third-order valence-corrected chi connectivity index (χ3v) is 8.42. The molecule has 4 aromatic rings. The summed E-state index contributed by atoms with van der Waals surface area (Å²) >= 11 is 1.50. The number of thioether (sulfide) groups is 1. The van der Waals surface area contributed by atoms with E-state index < -0.39 is 5.41 Å². The Morgan fingerprint density at radius 2 is 1.79 bits per heavy atom. The lowest BCUT2D eigenvalue weighted by atomic mass is 9.87. The number of nitrogens with zero attached hydrogens (tertiary/aromatic N) is 3. The molecule has 0 aliphatic carbocycles. The van der Waals surface area contributed by atoms with Crippen molar-refractivity contribution in [2.75, 3.05) is 38.5 Å². The first-order chi connectivity index (χ1) is 20.6. The van der Waals surface area contributed by atoms with Gasteiger partial charge in [0.25, 0.3) is 0 Å². The van der Waals surface area contributed by atoms with Gasteiger partial charge in [-0.05, 0) is 54.1 Å². The highest BCUT2D eigenvalue weighted by Crippen LogP contribution is 2.49. The molecule has 0 saturated heterocycles. The molecule has 0 radical (unpaired) electrons. The normalized spacial score (nSPS) is 15.1. The smallest absolute Gasteiger partial charge is 0.240 e. The van der Waals surface area contributed by atoms with Crippen LogP contribution in [0.2, 0.25) is 0 Å². The quantitative estimate of drug-likeness (QED) is 0.275. The molecule has 0 unspecified atom stereocenters. The first kappa shape index (κ1) is 30.1. The third-order valence-electron chi connectivity index (χ3n) is 7.17. The monoisotopic (exact) mass is 604 g/mol. The molecule has 0 spiro atoms. The summed E-state index contributed by atoms with van der Waals surface area (Å²) in [5.74, 6) is 2.72. The second-order valence-electron chi connectivity index (χ2n) is 11.1. The van der Waals surface area contributed by atoms with E-state index in [1.54, 1.807) is 49.3 Å². The number of hydrogen-bond donors (Lipinski definition) is 1. The van der Waals surface area contributed by atoms with Crippen molar-refractivity contribution in [2.45, 2.75) is 38.0 Å². The second-order valence-corrected chi connectivity index (χ2v) is 12.2. The Balaban J connectivity index is 1.68. The Bertz CT molecular complexity index is 1590. The molecule has 0 bridgehead atoms. The SMILES string of the molecule is COc1ccc(-n2nc(C(C)(C)C)c3c2N(CC(=O)NCc2ccco2)C(=O)CS[C@@H]3c2ccc(OC)c(OC)c2)cc1. The van der Waals surface area contributed by atoms with Gasteiger partial charge in [-0.3, -0.25) is 14.5 Å². The molecule has 5 rings (SSSR count). The lowest BCUT2D eigenvalue weighted by molar-refractivity contribution is -0.123. The number of ether oxygens (including phenoxy) is 3. The van der Waals surface area contributed by atoms with Crippen molar-refractivity contribution in [2.24, 2.45) is 0 Å².